The first-order chi connectivity index (χ1) is 10.4. The first-order valence-corrected chi connectivity index (χ1v) is 7.33. The van der Waals surface area contributed by atoms with Gasteiger partial charge in [-0.25, -0.2) is 0 Å². The Bertz CT molecular complexity index is 791. The van der Waals surface area contributed by atoms with Crippen molar-refractivity contribution in [3.63, 3.8) is 0 Å². The van der Waals surface area contributed by atoms with Crippen LogP contribution in [0.25, 0.3) is 5.65 Å². The number of fused-ring (bicyclic) bond motifs is 2. The molecule has 2 aromatic heterocycles. The van der Waals surface area contributed by atoms with Gasteiger partial charge in [-0.2, -0.15) is 0 Å². The van der Waals surface area contributed by atoms with E-state index in [1.165, 1.54) is 16.4 Å². The Hall–Kier alpha value is -2.35. The normalized spacial score (nSPS) is 14.1. The summed E-state index contributed by atoms with van der Waals surface area (Å²) in [4.78, 5) is 1.03. The summed E-state index contributed by atoms with van der Waals surface area (Å²) >= 11 is 1.52. The second-order valence-electron chi connectivity index (χ2n) is 4.46. The summed E-state index contributed by atoms with van der Waals surface area (Å²) in [6, 6.07) is 9.61. The minimum absolute atomic E-state index is 0.623. The molecule has 0 saturated carbocycles. The predicted octanol–water partition coefficient (Wildman–Crippen LogP) is 1.83. The number of benzene rings is 1. The van der Waals surface area contributed by atoms with Crippen molar-refractivity contribution in [3.05, 3.63) is 30.3 Å². The third-order valence-electron chi connectivity index (χ3n) is 2.99. The van der Waals surface area contributed by atoms with Crippen LogP contribution in [-0.4, -0.2) is 38.5 Å². The van der Waals surface area contributed by atoms with Crippen molar-refractivity contribution in [1.82, 2.24) is 25.3 Å². The zero-order valence-corrected chi connectivity index (χ0v) is 11.8. The number of ether oxygens (including phenoxy) is 2. The molecule has 8 heteroatoms. The molecular formula is C13H11N5O2S. The van der Waals surface area contributed by atoms with Crippen molar-refractivity contribution in [3.8, 4) is 11.5 Å². The lowest BCUT2D eigenvalue weighted by molar-refractivity contribution is 0.297. The third kappa shape index (κ3) is 2.49. The summed E-state index contributed by atoms with van der Waals surface area (Å²) < 4.78 is 12.7. The average Bonchev–Trinajstić information content (AvgIpc) is 2.84. The standard InChI is InChI=1S/C13H11N5O2S/c1-6-19-10-3-2-9(8-11(10)20-7-1)21-13-5-4-12-14-16-17-18(12)15-13/h2-5,8H,1,6-7H2. The van der Waals surface area contributed by atoms with E-state index in [9.17, 15) is 0 Å². The van der Waals surface area contributed by atoms with Crippen molar-refractivity contribution < 1.29 is 9.47 Å². The highest BCUT2D eigenvalue weighted by Gasteiger charge is 2.12. The molecule has 0 N–H and O–H groups in total. The number of nitrogens with zero attached hydrogens (tertiary/aromatic N) is 5. The molecule has 1 aromatic carbocycles. The molecule has 7 nitrogen and oxygen atoms in total. The SMILES string of the molecule is c1cc2c(cc1Sc1ccc3nnnn3n1)OCCCO2. The Morgan fingerprint density at radius 2 is 1.95 bits per heavy atom. The average molecular weight is 301 g/mol. The first kappa shape index (κ1) is 12.4. The van der Waals surface area contributed by atoms with Crippen LogP contribution < -0.4 is 9.47 Å². The first-order valence-electron chi connectivity index (χ1n) is 6.51. The van der Waals surface area contributed by atoms with Crippen molar-refractivity contribution in [2.45, 2.75) is 16.3 Å². The van der Waals surface area contributed by atoms with Gasteiger partial charge in [0.2, 0.25) is 0 Å². The topological polar surface area (TPSA) is 74.4 Å². The molecule has 21 heavy (non-hydrogen) atoms. The van der Waals surface area contributed by atoms with E-state index in [0.29, 0.717) is 18.9 Å². The third-order valence-corrected chi connectivity index (χ3v) is 3.90. The van der Waals surface area contributed by atoms with E-state index in [2.05, 4.69) is 20.6 Å². The quantitative estimate of drug-likeness (QED) is 0.714. The molecule has 1 aliphatic rings. The lowest BCUT2D eigenvalue weighted by atomic mass is 10.3. The van der Waals surface area contributed by atoms with E-state index in [4.69, 9.17) is 9.47 Å². The van der Waals surface area contributed by atoms with E-state index in [-0.39, 0.29) is 0 Å². The number of hydrogen-bond donors (Lipinski definition) is 0. The summed E-state index contributed by atoms with van der Waals surface area (Å²) in [6.45, 7) is 1.37. The largest absolute Gasteiger partial charge is 0.490 e. The number of tetrazole rings is 1. The van der Waals surface area contributed by atoms with E-state index < -0.39 is 0 Å². The van der Waals surface area contributed by atoms with Gasteiger partial charge in [0, 0.05) is 11.3 Å². The summed E-state index contributed by atoms with van der Waals surface area (Å²) in [5.41, 5.74) is 0.623. The fraction of sp³-hybridized carbons (Fsp3) is 0.231. The van der Waals surface area contributed by atoms with Gasteiger partial charge in [-0.3, -0.25) is 0 Å². The van der Waals surface area contributed by atoms with Gasteiger partial charge in [0.15, 0.2) is 17.1 Å². The molecule has 0 aliphatic carbocycles. The van der Waals surface area contributed by atoms with Crippen LogP contribution in [0, 0.1) is 0 Å². The fourth-order valence-electron chi connectivity index (χ4n) is 2.02. The molecule has 3 heterocycles. The van der Waals surface area contributed by atoms with E-state index in [1.807, 2.05) is 30.3 Å². The molecule has 4 rings (SSSR count). The van der Waals surface area contributed by atoms with Crippen LogP contribution in [-0.2, 0) is 0 Å². The molecule has 0 saturated heterocycles. The smallest absolute Gasteiger partial charge is 0.200 e. The van der Waals surface area contributed by atoms with Crippen molar-refractivity contribution in [1.29, 1.82) is 0 Å². The molecule has 0 unspecified atom stereocenters. The van der Waals surface area contributed by atoms with Crippen molar-refractivity contribution in [2.75, 3.05) is 13.2 Å². The number of aromatic nitrogens is 5. The second kappa shape index (κ2) is 5.21. The van der Waals surface area contributed by atoms with Crippen LogP contribution in [0.15, 0.2) is 40.3 Å². The maximum Gasteiger partial charge on any atom is 0.200 e. The maximum absolute atomic E-state index is 5.69. The minimum Gasteiger partial charge on any atom is -0.490 e. The van der Waals surface area contributed by atoms with Gasteiger partial charge in [0.25, 0.3) is 0 Å². The Kier molecular flexibility index (Phi) is 3.07. The van der Waals surface area contributed by atoms with Crippen molar-refractivity contribution in [2.24, 2.45) is 0 Å². The van der Waals surface area contributed by atoms with Crippen LogP contribution in [0.5, 0.6) is 11.5 Å². The highest BCUT2D eigenvalue weighted by Crippen LogP contribution is 2.35. The summed E-state index contributed by atoms with van der Waals surface area (Å²) in [5.74, 6) is 1.57. The van der Waals surface area contributed by atoms with Gasteiger partial charge >= 0.3 is 0 Å². The molecular weight excluding hydrogens is 290 g/mol. The fourth-order valence-corrected chi connectivity index (χ4v) is 2.81. The van der Waals surface area contributed by atoms with Gasteiger partial charge in [-0.05, 0) is 40.8 Å². The molecule has 1 aliphatic heterocycles. The van der Waals surface area contributed by atoms with Crippen LogP contribution in [0.1, 0.15) is 6.42 Å². The minimum atomic E-state index is 0.623. The van der Waals surface area contributed by atoms with Gasteiger partial charge in [0.05, 0.1) is 13.2 Å². The highest BCUT2D eigenvalue weighted by atomic mass is 32.2. The van der Waals surface area contributed by atoms with E-state index in [1.54, 1.807) is 0 Å². The zero-order valence-electron chi connectivity index (χ0n) is 11.0. The molecule has 0 amide bonds. The molecule has 0 spiro atoms. The summed E-state index contributed by atoms with van der Waals surface area (Å²) in [6.07, 6.45) is 0.897. The molecule has 0 bridgehead atoms. The van der Waals surface area contributed by atoms with E-state index in [0.717, 1.165) is 27.8 Å². The summed E-state index contributed by atoms with van der Waals surface area (Å²) in [7, 11) is 0. The predicted molar refractivity (Wildman–Crippen MR) is 74.7 cm³/mol. The Morgan fingerprint density at radius 1 is 1.05 bits per heavy atom. The molecule has 3 aromatic rings. The number of hydrogen-bond acceptors (Lipinski definition) is 7. The molecule has 0 radical (unpaired) electrons. The monoisotopic (exact) mass is 301 g/mol. The number of rotatable bonds is 2. The Balaban J connectivity index is 1.62. The van der Waals surface area contributed by atoms with Crippen LogP contribution in [0.2, 0.25) is 0 Å². The van der Waals surface area contributed by atoms with E-state index >= 15 is 0 Å². The van der Waals surface area contributed by atoms with Gasteiger partial charge in [-0.1, -0.05) is 11.8 Å². The lowest BCUT2D eigenvalue weighted by Gasteiger charge is -2.08. The highest BCUT2D eigenvalue weighted by molar-refractivity contribution is 7.99. The van der Waals surface area contributed by atoms with Gasteiger partial charge in [0.1, 0.15) is 5.03 Å². The van der Waals surface area contributed by atoms with Crippen LogP contribution >= 0.6 is 11.8 Å². The van der Waals surface area contributed by atoms with Crippen molar-refractivity contribution >= 4 is 17.4 Å². The lowest BCUT2D eigenvalue weighted by Crippen LogP contribution is -1.97. The Labute approximate surface area is 124 Å². The molecule has 0 fully saturated rings. The second-order valence-corrected chi connectivity index (χ2v) is 5.55. The maximum atomic E-state index is 5.69. The molecule has 0 atom stereocenters. The van der Waals surface area contributed by atoms with Crippen LogP contribution in [0.3, 0.4) is 0 Å². The Morgan fingerprint density at radius 3 is 2.90 bits per heavy atom. The van der Waals surface area contributed by atoms with Crippen LogP contribution in [0.4, 0.5) is 0 Å². The molecule has 106 valence electrons. The van der Waals surface area contributed by atoms with Gasteiger partial charge in [-0.15, -0.1) is 14.8 Å². The zero-order chi connectivity index (χ0) is 14.1. The summed E-state index contributed by atoms with van der Waals surface area (Å²) in [5, 5.41) is 16.3. The van der Waals surface area contributed by atoms with Gasteiger partial charge < -0.3 is 9.47 Å².